The summed E-state index contributed by atoms with van der Waals surface area (Å²) in [5, 5.41) is 9.98. The number of benzene rings is 1. The molecule has 102 valence electrons. The molecule has 0 saturated heterocycles. The Hall–Kier alpha value is -1.22. The highest BCUT2D eigenvalue weighted by Crippen LogP contribution is 2.34. The molecule has 0 aliphatic rings. The Bertz CT molecular complexity index is 364. The van der Waals surface area contributed by atoms with E-state index in [4.69, 9.17) is 4.74 Å². The fourth-order valence-electron chi connectivity index (χ4n) is 2.20. The molecule has 0 bridgehead atoms. The number of unbranched alkanes of at least 4 members (excludes halogenated alkanes) is 1. The molecule has 0 amide bonds. The van der Waals surface area contributed by atoms with Crippen molar-refractivity contribution in [2.24, 2.45) is 0 Å². The van der Waals surface area contributed by atoms with E-state index in [1.54, 1.807) is 14.0 Å². The highest BCUT2D eigenvalue weighted by Gasteiger charge is 2.17. The number of aliphatic hydroxyl groups is 1. The average molecular weight is 251 g/mol. The van der Waals surface area contributed by atoms with E-state index in [9.17, 15) is 5.11 Å². The van der Waals surface area contributed by atoms with Crippen molar-refractivity contribution in [2.75, 3.05) is 25.1 Å². The molecular formula is C15H25NO2. The SMILES string of the molecule is CCCCN(CC)c1cccc(OC)c1C(C)O. The second-order valence-corrected chi connectivity index (χ2v) is 4.50. The van der Waals surface area contributed by atoms with Gasteiger partial charge in [0, 0.05) is 24.3 Å². The Morgan fingerprint density at radius 1 is 1.33 bits per heavy atom. The minimum atomic E-state index is -0.521. The van der Waals surface area contributed by atoms with Gasteiger partial charge in [-0.15, -0.1) is 0 Å². The summed E-state index contributed by atoms with van der Waals surface area (Å²) in [5.41, 5.74) is 1.97. The summed E-state index contributed by atoms with van der Waals surface area (Å²) in [5.74, 6) is 0.762. The second-order valence-electron chi connectivity index (χ2n) is 4.50. The first-order chi connectivity index (χ1) is 8.65. The van der Waals surface area contributed by atoms with Crippen LogP contribution in [0.1, 0.15) is 45.3 Å². The van der Waals surface area contributed by atoms with Crippen LogP contribution in [0.25, 0.3) is 0 Å². The molecule has 0 aromatic heterocycles. The topological polar surface area (TPSA) is 32.7 Å². The van der Waals surface area contributed by atoms with Crippen molar-refractivity contribution >= 4 is 5.69 Å². The third-order valence-corrected chi connectivity index (χ3v) is 3.18. The van der Waals surface area contributed by atoms with Gasteiger partial charge in [-0.1, -0.05) is 19.4 Å². The molecule has 3 nitrogen and oxygen atoms in total. The van der Waals surface area contributed by atoms with Crippen molar-refractivity contribution in [2.45, 2.75) is 39.7 Å². The van der Waals surface area contributed by atoms with Crippen LogP contribution in [-0.4, -0.2) is 25.3 Å². The first-order valence-corrected chi connectivity index (χ1v) is 6.75. The van der Waals surface area contributed by atoms with E-state index >= 15 is 0 Å². The second kappa shape index (κ2) is 7.27. The van der Waals surface area contributed by atoms with E-state index in [1.165, 1.54) is 6.42 Å². The lowest BCUT2D eigenvalue weighted by Gasteiger charge is -2.27. The quantitative estimate of drug-likeness (QED) is 0.806. The lowest BCUT2D eigenvalue weighted by Crippen LogP contribution is -2.25. The smallest absolute Gasteiger partial charge is 0.126 e. The predicted molar refractivity (Wildman–Crippen MR) is 76.4 cm³/mol. The maximum Gasteiger partial charge on any atom is 0.126 e. The fourth-order valence-corrected chi connectivity index (χ4v) is 2.20. The number of hydrogen-bond donors (Lipinski definition) is 1. The predicted octanol–water partition coefficient (Wildman–Crippen LogP) is 3.37. The van der Waals surface area contributed by atoms with Crippen molar-refractivity contribution in [3.63, 3.8) is 0 Å². The Balaban J connectivity index is 3.12. The molecule has 1 aromatic carbocycles. The van der Waals surface area contributed by atoms with E-state index in [-0.39, 0.29) is 0 Å². The van der Waals surface area contributed by atoms with Gasteiger partial charge in [-0.05, 0) is 32.4 Å². The molecule has 1 atom stereocenters. The summed E-state index contributed by atoms with van der Waals surface area (Å²) in [4.78, 5) is 2.30. The molecule has 0 heterocycles. The van der Waals surface area contributed by atoms with Crippen molar-refractivity contribution < 1.29 is 9.84 Å². The van der Waals surface area contributed by atoms with Crippen molar-refractivity contribution in [1.82, 2.24) is 0 Å². The van der Waals surface area contributed by atoms with Gasteiger partial charge in [0.15, 0.2) is 0 Å². The molecule has 1 N–H and O–H groups in total. The number of rotatable bonds is 7. The molecular weight excluding hydrogens is 226 g/mol. The zero-order valence-corrected chi connectivity index (χ0v) is 11.9. The van der Waals surface area contributed by atoms with Gasteiger partial charge in [0.05, 0.1) is 13.2 Å². The molecule has 1 rings (SSSR count). The molecule has 1 aromatic rings. The van der Waals surface area contributed by atoms with E-state index in [0.717, 1.165) is 36.5 Å². The van der Waals surface area contributed by atoms with Gasteiger partial charge in [0.2, 0.25) is 0 Å². The largest absolute Gasteiger partial charge is 0.496 e. The summed E-state index contributed by atoms with van der Waals surface area (Å²) in [6.07, 6.45) is 1.81. The van der Waals surface area contributed by atoms with E-state index in [0.29, 0.717) is 0 Å². The molecule has 18 heavy (non-hydrogen) atoms. The summed E-state index contributed by atoms with van der Waals surface area (Å²) in [6.45, 7) is 8.07. The third kappa shape index (κ3) is 3.39. The Morgan fingerprint density at radius 2 is 2.06 bits per heavy atom. The van der Waals surface area contributed by atoms with Gasteiger partial charge in [0.1, 0.15) is 5.75 Å². The standard InChI is InChI=1S/C15H25NO2/c1-5-7-11-16(6-2)13-9-8-10-14(18-4)15(13)12(3)17/h8-10,12,17H,5-7,11H2,1-4H3. The van der Waals surface area contributed by atoms with Crippen LogP contribution in [0.5, 0.6) is 5.75 Å². The number of aliphatic hydroxyl groups excluding tert-OH is 1. The molecule has 3 heteroatoms. The lowest BCUT2D eigenvalue weighted by molar-refractivity contribution is 0.194. The van der Waals surface area contributed by atoms with Gasteiger partial charge in [-0.3, -0.25) is 0 Å². The van der Waals surface area contributed by atoms with Crippen LogP contribution in [0.4, 0.5) is 5.69 Å². The van der Waals surface area contributed by atoms with Crippen LogP contribution in [0.15, 0.2) is 18.2 Å². The highest BCUT2D eigenvalue weighted by atomic mass is 16.5. The number of methoxy groups -OCH3 is 1. The number of anilines is 1. The molecule has 0 radical (unpaired) electrons. The Labute approximate surface area is 110 Å². The fraction of sp³-hybridized carbons (Fsp3) is 0.600. The monoisotopic (exact) mass is 251 g/mol. The van der Waals surface area contributed by atoms with Gasteiger partial charge in [-0.2, -0.15) is 0 Å². The van der Waals surface area contributed by atoms with Gasteiger partial charge >= 0.3 is 0 Å². The van der Waals surface area contributed by atoms with E-state index in [1.807, 2.05) is 12.1 Å². The van der Waals surface area contributed by atoms with Crippen LogP contribution in [0.3, 0.4) is 0 Å². The summed E-state index contributed by atoms with van der Waals surface area (Å²) < 4.78 is 5.36. The Kier molecular flexibility index (Phi) is 5.99. The zero-order chi connectivity index (χ0) is 13.5. The molecule has 1 unspecified atom stereocenters. The lowest BCUT2D eigenvalue weighted by atomic mass is 10.1. The van der Waals surface area contributed by atoms with Crippen LogP contribution in [0, 0.1) is 0 Å². The minimum absolute atomic E-state index is 0.521. The van der Waals surface area contributed by atoms with Gasteiger partial charge < -0.3 is 14.7 Å². The maximum atomic E-state index is 9.98. The Morgan fingerprint density at radius 3 is 2.56 bits per heavy atom. The molecule has 0 aliphatic heterocycles. The maximum absolute atomic E-state index is 9.98. The summed E-state index contributed by atoms with van der Waals surface area (Å²) in [6, 6.07) is 5.94. The number of nitrogens with zero attached hydrogens (tertiary/aromatic N) is 1. The zero-order valence-electron chi connectivity index (χ0n) is 11.9. The van der Waals surface area contributed by atoms with E-state index < -0.39 is 6.10 Å². The van der Waals surface area contributed by atoms with E-state index in [2.05, 4.69) is 24.8 Å². The van der Waals surface area contributed by atoms with Crippen molar-refractivity contribution in [3.05, 3.63) is 23.8 Å². The summed E-state index contributed by atoms with van der Waals surface area (Å²) in [7, 11) is 1.65. The third-order valence-electron chi connectivity index (χ3n) is 3.18. The van der Waals surface area contributed by atoms with Crippen molar-refractivity contribution in [3.8, 4) is 5.75 Å². The average Bonchev–Trinajstić information content (AvgIpc) is 2.38. The molecule has 0 saturated carbocycles. The highest BCUT2D eigenvalue weighted by molar-refractivity contribution is 5.60. The number of hydrogen-bond acceptors (Lipinski definition) is 3. The van der Waals surface area contributed by atoms with Gasteiger partial charge in [-0.25, -0.2) is 0 Å². The van der Waals surface area contributed by atoms with Crippen LogP contribution < -0.4 is 9.64 Å². The van der Waals surface area contributed by atoms with Crippen LogP contribution >= 0.6 is 0 Å². The molecule has 0 aliphatic carbocycles. The summed E-state index contributed by atoms with van der Waals surface area (Å²) >= 11 is 0. The van der Waals surface area contributed by atoms with Crippen LogP contribution in [-0.2, 0) is 0 Å². The first kappa shape index (κ1) is 14.8. The van der Waals surface area contributed by atoms with Crippen LogP contribution in [0.2, 0.25) is 0 Å². The van der Waals surface area contributed by atoms with Gasteiger partial charge in [0.25, 0.3) is 0 Å². The molecule has 0 fully saturated rings. The molecule has 0 spiro atoms. The number of ether oxygens (including phenoxy) is 1. The normalized spacial score (nSPS) is 12.3. The van der Waals surface area contributed by atoms with Crippen molar-refractivity contribution in [1.29, 1.82) is 0 Å². The minimum Gasteiger partial charge on any atom is -0.496 e. The first-order valence-electron chi connectivity index (χ1n) is 6.75.